The number of rotatable bonds is 8. The molecular formula is C8H16N2O5S. The maximum atomic E-state index is 11.3. The van der Waals surface area contributed by atoms with Gasteiger partial charge in [-0.2, -0.15) is 0 Å². The monoisotopic (exact) mass is 252 g/mol. The van der Waals surface area contributed by atoms with Crippen molar-refractivity contribution >= 4 is 21.7 Å². The van der Waals surface area contributed by atoms with Crippen molar-refractivity contribution in [3.63, 3.8) is 0 Å². The fourth-order valence-corrected chi connectivity index (χ4v) is 2.02. The molecule has 0 spiro atoms. The molecule has 1 atom stereocenters. The average molecular weight is 252 g/mol. The summed E-state index contributed by atoms with van der Waals surface area (Å²) in [5, 5.41) is 11.0. The quantitative estimate of drug-likeness (QED) is 0.474. The van der Waals surface area contributed by atoms with Gasteiger partial charge in [-0.15, -0.1) is 0 Å². The lowest BCUT2D eigenvalue weighted by Crippen LogP contribution is -2.37. The van der Waals surface area contributed by atoms with Gasteiger partial charge < -0.3 is 16.2 Å². The van der Waals surface area contributed by atoms with E-state index in [1.807, 2.05) is 0 Å². The molecule has 0 aromatic rings. The minimum Gasteiger partial charge on any atom is -0.480 e. The third-order valence-corrected chi connectivity index (χ3v) is 3.55. The lowest BCUT2D eigenvalue weighted by molar-refractivity contribution is -0.138. The second kappa shape index (κ2) is 6.44. The fourth-order valence-electron chi connectivity index (χ4n) is 0.876. The topological polar surface area (TPSA) is 127 Å². The van der Waals surface area contributed by atoms with E-state index >= 15 is 0 Å². The summed E-state index contributed by atoms with van der Waals surface area (Å²) in [5.41, 5.74) is 4.82. The minimum absolute atomic E-state index is 0.0363. The van der Waals surface area contributed by atoms with Gasteiger partial charge >= 0.3 is 5.97 Å². The van der Waals surface area contributed by atoms with Gasteiger partial charge in [0.25, 0.3) is 0 Å². The van der Waals surface area contributed by atoms with E-state index in [2.05, 4.69) is 5.32 Å². The molecule has 0 aromatic heterocycles. The van der Waals surface area contributed by atoms with Gasteiger partial charge in [0.05, 0.1) is 11.5 Å². The molecule has 4 N–H and O–H groups in total. The number of primary amides is 1. The second-order valence-electron chi connectivity index (χ2n) is 3.38. The van der Waals surface area contributed by atoms with Gasteiger partial charge in [0.1, 0.15) is 6.04 Å². The van der Waals surface area contributed by atoms with Crippen LogP contribution in [0.5, 0.6) is 0 Å². The van der Waals surface area contributed by atoms with Crippen LogP contribution in [0.3, 0.4) is 0 Å². The van der Waals surface area contributed by atoms with Crippen LogP contribution in [0.4, 0.5) is 0 Å². The number of carboxylic acids is 1. The maximum Gasteiger partial charge on any atom is 0.320 e. The van der Waals surface area contributed by atoms with E-state index in [-0.39, 0.29) is 24.5 Å². The molecule has 0 saturated carbocycles. The van der Waals surface area contributed by atoms with Crippen molar-refractivity contribution in [2.45, 2.75) is 19.4 Å². The van der Waals surface area contributed by atoms with Gasteiger partial charge in [-0.25, -0.2) is 8.42 Å². The summed E-state index contributed by atoms with van der Waals surface area (Å²) in [6.45, 7) is 1.45. The first kappa shape index (κ1) is 14.8. The van der Waals surface area contributed by atoms with Gasteiger partial charge in [0.2, 0.25) is 5.91 Å². The number of hydrogen-bond acceptors (Lipinski definition) is 5. The third-order valence-electron chi connectivity index (χ3n) is 1.89. The zero-order valence-corrected chi connectivity index (χ0v) is 9.79. The van der Waals surface area contributed by atoms with Crippen molar-refractivity contribution in [2.75, 3.05) is 18.1 Å². The predicted octanol–water partition coefficient (Wildman–Crippen LogP) is -1.66. The molecule has 0 saturated heterocycles. The highest BCUT2D eigenvalue weighted by molar-refractivity contribution is 7.91. The first-order chi connectivity index (χ1) is 7.24. The molecule has 0 aliphatic rings. The summed E-state index contributed by atoms with van der Waals surface area (Å²) < 4.78 is 22.6. The Morgan fingerprint density at radius 1 is 1.38 bits per heavy atom. The van der Waals surface area contributed by atoms with Crippen LogP contribution in [0, 0.1) is 0 Å². The first-order valence-corrected chi connectivity index (χ1v) is 6.51. The molecule has 0 aliphatic heterocycles. The highest BCUT2D eigenvalue weighted by atomic mass is 32.2. The van der Waals surface area contributed by atoms with Crippen LogP contribution < -0.4 is 11.1 Å². The fraction of sp³-hybridized carbons (Fsp3) is 0.750. The van der Waals surface area contributed by atoms with Gasteiger partial charge in [-0.05, 0) is 6.92 Å². The SMILES string of the molecule is C[C@@H](NCCS(=O)(=O)CCC(N)=O)C(=O)O. The van der Waals surface area contributed by atoms with Crippen molar-refractivity contribution in [3.8, 4) is 0 Å². The average Bonchev–Trinajstić information content (AvgIpc) is 2.14. The van der Waals surface area contributed by atoms with Crippen molar-refractivity contribution in [1.82, 2.24) is 5.32 Å². The van der Waals surface area contributed by atoms with E-state index in [1.54, 1.807) is 0 Å². The molecule has 0 rings (SSSR count). The van der Waals surface area contributed by atoms with E-state index in [0.29, 0.717) is 0 Å². The molecular weight excluding hydrogens is 236 g/mol. The number of amides is 1. The Labute approximate surface area is 93.9 Å². The van der Waals surface area contributed by atoms with E-state index in [9.17, 15) is 18.0 Å². The number of hydrogen-bond donors (Lipinski definition) is 3. The van der Waals surface area contributed by atoms with E-state index in [0.717, 1.165) is 0 Å². The molecule has 1 amide bonds. The van der Waals surface area contributed by atoms with Crippen molar-refractivity contribution in [3.05, 3.63) is 0 Å². The van der Waals surface area contributed by atoms with Gasteiger partial charge in [0.15, 0.2) is 9.84 Å². The summed E-state index contributed by atoms with van der Waals surface area (Å²) in [6, 6.07) is -0.800. The minimum atomic E-state index is -3.35. The summed E-state index contributed by atoms with van der Waals surface area (Å²) in [4.78, 5) is 20.8. The molecule has 0 aliphatic carbocycles. The zero-order chi connectivity index (χ0) is 12.8. The number of nitrogens with one attached hydrogen (secondary N) is 1. The van der Waals surface area contributed by atoms with Gasteiger partial charge in [0, 0.05) is 13.0 Å². The van der Waals surface area contributed by atoms with E-state index < -0.39 is 27.8 Å². The first-order valence-electron chi connectivity index (χ1n) is 4.69. The summed E-state index contributed by atoms with van der Waals surface area (Å²) in [7, 11) is -3.35. The van der Waals surface area contributed by atoms with Gasteiger partial charge in [-0.3, -0.25) is 9.59 Å². The highest BCUT2D eigenvalue weighted by Crippen LogP contribution is 1.93. The van der Waals surface area contributed by atoms with Crippen LogP contribution in [0.25, 0.3) is 0 Å². The maximum absolute atomic E-state index is 11.3. The Morgan fingerprint density at radius 2 is 1.94 bits per heavy atom. The Balaban J connectivity index is 3.91. The lowest BCUT2D eigenvalue weighted by atomic mass is 10.3. The Bertz CT molecular complexity index is 351. The van der Waals surface area contributed by atoms with Crippen molar-refractivity contribution in [1.29, 1.82) is 0 Å². The third kappa shape index (κ3) is 7.18. The summed E-state index contributed by atoms with van der Waals surface area (Å²) >= 11 is 0. The van der Waals surface area contributed by atoms with Gasteiger partial charge in [-0.1, -0.05) is 0 Å². The van der Waals surface area contributed by atoms with Crippen LogP contribution >= 0.6 is 0 Å². The second-order valence-corrected chi connectivity index (χ2v) is 5.69. The molecule has 94 valence electrons. The molecule has 0 unspecified atom stereocenters. The van der Waals surface area contributed by atoms with E-state index in [1.165, 1.54) is 6.92 Å². The summed E-state index contributed by atoms with van der Waals surface area (Å²) in [6.07, 6.45) is -0.211. The lowest BCUT2D eigenvalue weighted by Gasteiger charge is -2.08. The van der Waals surface area contributed by atoms with Crippen molar-refractivity contribution in [2.24, 2.45) is 5.73 Å². The molecule has 0 bridgehead atoms. The van der Waals surface area contributed by atoms with Crippen LogP contribution in [0.1, 0.15) is 13.3 Å². The normalized spacial score (nSPS) is 13.3. The molecule has 8 heteroatoms. The van der Waals surface area contributed by atoms with Crippen LogP contribution in [0.2, 0.25) is 0 Å². The Hall–Kier alpha value is -1.15. The number of carbonyl (C=O) groups excluding carboxylic acids is 1. The largest absolute Gasteiger partial charge is 0.480 e. The Morgan fingerprint density at radius 3 is 2.38 bits per heavy atom. The standard InChI is InChI=1S/C8H16N2O5S/c1-6(8(12)13)10-3-5-16(14,15)4-2-7(9)11/h6,10H,2-5H2,1H3,(H2,9,11)(H,12,13)/t6-/m1/s1. The van der Waals surface area contributed by atoms with Crippen LogP contribution in [-0.2, 0) is 19.4 Å². The highest BCUT2D eigenvalue weighted by Gasteiger charge is 2.14. The molecule has 0 radical (unpaired) electrons. The zero-order valence-electron chi connectivity index (χ0n) is 8.97. The van der Waals surface area contributed by atoms with E-state index in [4.69, 9.17) is 10.8 Å². The number of sulfone groups is 1. The molecule has 0 fully saturated rings. The Kier molecular flexibility index (Phi) is 5.97. The number of nitrogens with two attached hydrogens (primary N) is 1. The molecule has 16 heavy (non-hydrogen) atoms. The number of aliphatic carboxylic acids is 1. The van der Waals surface area contributed by atoms with Crippen molar-refractivity contribution < 1.29 is 23.1 Å². The predicted molar refractivity (Wildman–Crippen MR) is 57.6 cm³/mol. The van der Waals surface area contributed by atoms with Crippen LogP contribution in [-0.4, -0.2) is 49.5 Å². The molecule has 0 heterocycles. The summed E-state index contributed by atoms with van der Waals surface area (Å²) in [5.74, 6) is -2.23. The molecule has 7 nitrogen and oxygen atoms in total. The van der Waals surface area contributed by atoms with Crippen LogP contribution in [0.15, 0.2) is 0 Å². The molecule has 0 aromatic carbocycles. The smallest absolute Gasteiger partial charge is 0.320 e. The number of carboxylic acid groups (broad SMARTS) is 1. The number of carbonyl (C=O) groups is 2.